The van der Waals surface area contributed by atoms with Gasteiger partial charge in [0, 0.05) is 30.4 Å². The maximum Gasteiger partial charge on any atom is 0.255 e. The van der Waals surface area contributed by atoms with Gasteiger partial charge in [0.15, 0.2) is 11.5 Å². The first-order chi connectivity index (χ1) is 18.5. The van der Waals surface area contributed by atoms with E-state index in [1.165, 1.54) is 0 Å². The summed E-state index contributed by atoms with van der Waals surface area (Å²) in [6, 6.07) is 26.6. The summed E-state index contributed by atoms with van der Waals surface area (Å²) in [7, 11) is 5.24. The summed E-state index contributed by atoms with van der Waals surface area (Å²) in [6.45, 7) is 0.606. The Hall–Kier alpha value is -4.98. The molecule has 0 aliphatic rings. The van der Waals surface area contributed by atoms with Crippen molar-refractivity contribution in [3.63, 3.8) is 0 Å². The highest BCUT2D eigenvalue weighted by atomic mass is 16.5. The van der Waals surface area contributed by atoms with Gasteiger partial charge in [0.25, 0.3) is 5.91 Å². The molecule has 5 aromatic rings. The fraction of sp³-hybridized carbons (Fsp3) is 0.133. The molecule has 0 spiro atoms. The Bertz CT molecular complexity index is 1610. The van der Waals surface area contributed by atoms with E-state index in [1.54, 1.807) is 26.4 Å². The normalized spacial score (nSPS) is 10.8. The number of aromatic nitrogens is 2. The van der Waals surface area contributed by atoms with Gasteiger partial charge in [-0.25, -0.2) is 4.98 Å². The molecule has 8 heteroatoms. The van der Waals surface area contributed by atoms with E-state index in [0.29, 0.717) is 35.0 Å². The second-order valence-corrected chi connectivity index (χ2v) is 8.86. The topological polar surface area (TPSA) is 103 Å². The number of carbonyl (C=O) groups excluding carboxylic acids is 1. The minimum absolute atomic E-state index is 0.201. The van der Waals surface area contributed by atoms with Crippen LogP contribution in [-0.2, 0) is 13.6 Å². The molecule has 0 bridgehead atoms. The van der Waals surface area contributed by atoms with Crippen LogP contribution < -0.4 is 25.8 Å². The number of imidazole rings is 1. The fourth-order valence-corrected chi connectivity index (χ4v) is 4.33. The number of benzene rings is 4. The molecule has 1 aromatic heterocycles. The maximum absolute atomic E-state index is 12.6. The first-order valence-corrected chi connectivity index (χ1v) is 12.1. The molecule has 0 saturated heterocycles. The van der Waals surface area contributed by atoms with Crippen LogP contribution in [0.3, 0.4) is 0 Å². The molecule has 1 heterocycles. The molecule has 0 radical (unpaired) electrons. The van der Waals surface area contributed by atoms with Crippen LogP contribution in [0.25, 0.3) is 22.4 Å². The molecule has 4 N–H and O–H groups in total. The molecule has 0 aliphatic heterocycles. The standard InChI is InChI=1S/C30H29N5O3/c1-35-26-14-13-22(17-25(26)33-29(35)21-12-15-27(37-2)28(16-21)38-3)32-18-19-8-10-20(11-9-19)30(36)34-24-7-5-4-6-23(24)31/h4-17,32H,18,31H2,1-3H3,(H,34,36). The molecule has 0 atom stereocenters. The Balaban J connectivity index is 1.28. The average molecular weight is 508 g/mol. The molecule has 38 heavy (non-hydrogen) atoms. The Morgan fingerprint density at radius 2 is 1.68 bits per heavy atom. The number of nitrogens with two attached hydrogens (primary N) is 1. The van der Waals surface area contributed by atoms with Gasteiger partial charge < -0.3 is 30.4 Å². The number of amides is 1. The molecule has 1 amide bonds. The van der Waals surface area contributed by atoms with E-state index in [0.717, 1.165) is 33.7 Å². The summed E-state index contributed by atoms with van der Waals surface area (Å²) in [6.07, 6.45) is 0. The van der Waals surface area contributed by atoms with E-state index in [-0.39, 0.29) is 5.91 Å². The third kappa shape index (κ3) is 4.97. The predicted octanol–water partition coefficient (Wildman–Crippen LogP) is 5.70. The summed E-state index contributed by atoms with van der Waals surface area (Å²) in [5, 5.41) is 6.30. The number of anilines is 3. The maximum atomic E-state index is 12.6. The zero-order chi connectivity index (χ0) is 26.6. The van der Waals surface area contributed by atoms with Gasteiger partial charge in [-0.2, -0.15) is 0 Å². The van der Waals surface area contributed by atoms with Crippen molar-refractivity contribution in [3.05, 3.63) is 96.1 Å². The van der Waals surface area contributed by atoms with Crippen molar-refractivity contribution in [1.29, 1.82) is 0 Å². The van der Waals surface area contributed by atoms with Crippen LogP contribution in [0.4, 0.5) is 17.1 Å². The van der Waals surface area contributed by atoms with Crippen LogP contribution in [0, 0.1) is 0 Å². The lowest BCUT2D eigenvalue weighted by atomic mass is 10.1. The van der Waals surface area contributed by atoms with Crippen LogP contribution in [0.1, 0.15) is 15.9 Å². The van der Waals surface area contributed by atoms with Crippen LogP contribution in [0.15, 0.2) is 84.9 Å². The van der Waals surface area contributed by atoms with E-state index in [9.17, 15) is 4.79 Å². The van der Waals surface area contributed by atoms with Crippen molar-refractivity contribution in [3.8, 4) is 22.9 Å². The summed E-state index contributed by atoms with van der Waals surface area (Å²) in [5.74, 6) is 1.97. The van der Waals surface area contributed by atoms with Gasteiger partial charge in [0.1, 0.15) is 5.82 Å². The van der Waals surface area contributed by atoms with Crippen molar-refractivity contribution in [2.24, 2.45) is 7.05 Å². The molecule has 4 aromatic carbocycles. The van der Waals surface area contributed by atoms with Gasteiger partial charge in [0.2, 0.25) is 0 Å². The van der Waals surface area contributed by atoms with E-state index in [1.807, 2.05) is 73.8 Å². The fourth-order valence-electron chi connectivity index (χ4n) is 4.33. The molecule has 0 saturated carbocycles. The number of carbonyl (C=O) groups is 1. The molecule has 0 aliphatic carbocycles. The average Bonchev–Trinajstić information content (AvgIpc) is 3.28. The van der Waals surface area contributed by atoms with Gasteiger partial charge >= 0.3 is 0 Å². The highest BCUT2D eigenvalue weighted by Crippen LogP contribution is 2.33. The summed E-state index contributed by atoms with van der Waals surface area (Å²) < 4.78 is 12.9. The van der Waals surface area contributed by atoms with Crippen molar-refractivity contribution in [2.75, 3.05) is 30.6 Å². The number of ether oxygens (including phenoxy) is 2. The number of fused-ring (bicyclic) bond motifs is 1. The molecule has 8 nitrogen and oxygen atoms in total. The molecular formula is C30H29N5O3. The van der Waals surface area contributed by atoms with Crippen LogP contribution in [0.2, 0.25) is 0 Å². The van der Waals surface area contributed by atoms with Crippen molar-refractivity contribution in [1.82, 2.24) is 9.55 Å². The largest absolute Gasteiger partial charge is 0.493 e. The van der Waals surface area contributed by atoms with Crippen molar-refractivity contribution in [2.45, 2.75) is 6.54 Å². The molecule has 0 fully saturated rings. The number of nitrogens with zero attached hydrogens (tertiary/aromatic N) is 2. The van der Waals surface area contributed by atoms with E-state index >= 15 is 0 Å². The summed E-state index contributed by atoms with van der Waals surface area (Å²) in [5.41, 5.74) is 12.5. The van der Waals surface area contributed by atoms with Gasteiger partial charge in [-0.3, -0.25) is 4.79 Å². The third-order valence-electron chi connectivity index (χ3n) is 6.44. The monoisotopic (exact) mass is 507 g/mol. The smallest absolute Gasteiger partial charge is 0.255 e. The number of nitrogens with one attached hydrogen (secondary N) is 2. The molecule has 5 rings (SSSR count). The Morgan fingerprint density at radius 1 is 0.921 bits per heavy atom. The lowest BCUT2D eigenvalue weighted by Gasteiger charge is -2.10. The van der Waals surface area contributed by atoms with Crippen LogP contribution in [0.5, 0.6) is 11.5 Å². The second kappa shape index (κ2) is 10.6. The first-order valence-electron chi connectivity index (χ1n) is 12.1. The van der Waals surface area contributed by atoms with Gasteiger partial charge in [-0.15, -0.1) is 0 Å². The SMILES string of the molecule is COc1ccc(-c2nc3cc(NCc4ccc(C(=O)Nc5ccccc5N)cc4)ccc3n2C)cc1OC. The zero-order valence-corrected chi connectivity index (χ0v) is 21.5. The lowest BCUT2D eigenvalue weighted by molar-refractivity contribution is 0.102. The van der Waals surface area contributed by atoms with Gasteiger partial charge in [-0.1, -0.05) is 24.3 Å². The lowest BCUT2D eigenvalue weighted by Crippen LogP contribution is -2.13. The second-order valence-electron chi connectivity index (χ2n) is 8.86. The van der Waals surface area contributed by atoms with Crippen molar-refractivity contribution >= 4 is 34.0 Å². The number of aryl methyl sites for hydroxylation is 1. The molecule has 192 valence electrons. The molecular weight excluding hydrogens is 478 g/mol. The van der Waals surface area contributed by atoms with E-state index < -0.39 is 0 Å². The quantitative estimate of drug-likeness (QED) is 0.233. The Labute approximate surface area is 221 Å². The number of methoxy groups -OCH3 is 2. The van der Waals surface area contributed by atoms with Crippen LogP contribution in [-0.4, -0.2) is 29.7 Å². The van der Waals surface area contributed by atoms with Crippen molar-refractivity contribution < 1.29 is 14.3 Å². The summed E-state index contributed by atoms with van der Waals surface area (Å²) in [4.78, 5) is 17.5. The highest BCUT2D eigenvalue weighted by molar-refractivity contribution is 6.05. The van der Waals surface area contributed by atoms with Gasteiger partial charge in [0.05, 0.1) is 36.6 Å². The number of nitrogen functional groups attached to an aromatic ring is 1. The highest BCUT2D eigenvalue weighted by Gasteiger charge is 2.14. The predicted molar refractivity (Wildman–Crippen MR) is 152 cm³/mol. The minimum Gasteiger partial charge on any atom is -0.493 e. The first kappa shape index (κ1) is 24.7. The zero-order valence-electron chi connectivity index (χ0n) is 21.5. The Kier molecular flexibility index (Phi) is 6.86. The third-order valence-corrected chi connectivity index (χ3v) is 6.44. The number of para-hydroxylation sites is 2. The molecule has 0 unspecified atom stereocenters. The number of hydrogen-bond donors (Lipinski definition) is 3. The minimum atomic E-state index is -0.201. The number of hydrogen-bond acceptors (Lipinski definition) is 6. The van der Waals surface area contributed by atoms with E-state index in [4.69, 9.17) is 20.2 Å². The van der Waals surface area contributed by atoms with Gasteiger partial charge in [-0.05, 0) is 66.2 Å². The van der Waals surface area contributed by atoms with E-state index in [2.05, 4.69) is 21.3 Å². The Morgan fingerprint density at radius 3 is 2.42 bits per heavy atom. The number of rotatable bonds is 8. The van der Waals surface area contributed by atoms with Crippen LogP contribution >= 0.6 is 0 Å². The summed E-state index contributed by atoms with van der Waals surface area (Å²) >= 11 is 0.